The summed E-state index contributed by atoms with van der Waals surface area (Å²) in [7, 11) is 2.17. The first-order valence-electron chi connectivity index (χ1n) is 10.5. The lowest BCUT2D eigenvalue weighted by atomic mass is 10.1. The fraction of sp³-hybridized carbons (Fsp3) is 0.333. The van der Waals surface area contributed by atoms with Gasteiger partial charge >= 0.3 is 0 Å². The Bertz CT molecular complexity index is 1040. The van der Waals surface area contributed by atoms with Crippen molar-refractivity contribution < 1.29 is 9.32 Å². The Morgan fingerprint density at radius 2 is 1.81 bits per heavy atom. The molecule has 6 nitrogen and oxygen atoms in total. The summed E-state index contributed by atoms with van der Waals surface area (Å²) in [6.45, 7) is 7.28. The summed E-state index contributed by atoms with van der Waals surface area (Å²) in [4.78, 5) is 17.8. The quantitative estimate of drug-likeness (QED) is 0.620. The van der Waals surface area contributed by atoms with Gasteiger partial charge in [-0.3, -0.25) is 4.79 Å². The fourth-order valence-corrected chi connectivity index (χ4v) is 4.01. The molecule has 2 aromatic carbocycles. The number of hydrogen-bond acceptors (Lipinski definition) is 5. The molecular weight excluding hydrogens is 412 g/mol. The second kappa shape index (κ2) is 9.64. The van der Waals surface area contributed by atoms with Crippen LogP contribution in [-0.4, -0.2) is 60.6 Å². The van der Waals surface area contributed by atoms with Gasteiger partial charge in [0.25, 0.3) is 5.91 Å². The number of benzene rings is 2. The normalized spacial score (nSPS) is 15.2. The van der Waals surface area contributed by atoms with E-state index in [4.69, 9.17) is 16.1 Å². The van der Waals surface area contributed by atoms with Gasteiger partial charge in [-0.25, -0.2) is 0 Å². The molecule has 3 aromatic rings. The van der Waals surface area contributed by atoms with E-state index in [2.05, 4.69) is 39.5 Å². The fourth-order valence-electron chi connectivity index (χ4n) is 3.78. The maximum atomic E-state index is 13.0. The molecule has 1 saturated heterocycles. The molecular formula is C24H27ClN4O2. The minimum absolute atomic E-state index is 0.265. The van der Waals surface area contributed by atoms with Crippen LogP contribution in [0.3, 0.4) is 0 Å². The number of nitrogens with zero attached hydrogens (tertiary/aromatic N) is 3. The van der Waals surface area contributed by atoms with Crippen LogP contribution < -0.4 is 5.32 Å². The summed E-state index contributed by atoms with van der Waals surface area (Å²) < 4.78 is 5.30. The number of piperazine rings is 1. The van der Waals surface area contributed by atoms with E-state index in [-0.39, 0.29) is 5.91 Å². The third-order valence-electron chi connectivity index (χ3n) is 5.74. The number of anilines is 1. The van der Waals surface area contributed by atoms with Crippen LogP contribution in [0.25, 0.3) is 11.3 Å². The first-order valence-corrected chi connectivity index (χ1v) is 10.9. The summed E-state index contributed by atoms with van der Waals surface area (Å²) in [5.74, 6) is 0.190. The molecule has 4 rings (SSSR count). The van der Waals surface area contributed by atoms with Crippen LogP contribution in [0.5, 0.6) is 0 Å². The second-order valence-electron chi connectivity index (χ2n) is 7.99. The minimum Gasteiger partial charge on any atom is -0.360 e. The molecule has 1 N–H and O–H groups in total. The number of hydrogen-bond donors (Lipinski definition) is 1. The molecule has 1 fully saturated rings. The first-order chi connectivity index (χ1) is 15.0. The highest BCUT2D eigenvalue weighted by Crippen LogP contribution is 2.31. The van der Waals surface area contributed by atoms with Crippen molar-refractivity contribution in [2.24, 2.45) is 0 Å². The number of amides is 1. The van der Waals surface area contributed by atoms with Gasteiger partial charge in [-0.15, -0.1) is 0 Å². The van der Waals surface area contributed by atoms with Gasteiger partial charge in [0.2, 0.25) is 0 Å². The lowest BCUT2D eigenvalue weighted by Gasteiger charge is -2.32. The molecule has 0 bridgehead atoms. The summed E-state index contributed by atoms with van der Waals surface area (Å²) in [5, 5.41) is 7.55. The van der Waals surface area contributed by atoms with Gasteiger partial charge in [0.15, 0.2) is 0 Å². The van der Waals surface area contributed by atoms with Crippen LogP contribution in [0.15, 0.2) is 53.1 Å². The van der Waals surface area contributed by atoms with Crippen LogP contribution in [0, 0.1) is 6.92 Å². The lowest BCUT2D eigenvalue weighted by molar-refractivity contribution is 0.102. The Morgan fingerprint density at radius 1 is 1.10 bits per heavy atom. The average Bonchev–Trinajstić information content (AvgIpc) is 3.16. The third kappa shape index (κ3) is 5.15. The molecule has 1 aliphatic heterocycles. The van der Waals surface area contributed by atoms with Crippen molar-refractivity contribution in [1.29, 1.82) is 0 Å². The van der Waals surface area contributed by atoms with Crippen molar-refractivity contribution in [3.05, 3.63) is 70.4 Å². The molecule has 1 aliphatic rings. The Balaban J connectivity index is 1.40. The molecule has 0 atom stereocenters. The van der Waals surface area contributed by atoms with Gasteiger partial charge in [0, 0.05) is 44.0 Å². The van der Waals surface area contributed by atoms with Crippen molar-refractivity contribution in [2.75, 3.05) is 45.1 Å². The number of aromatic nitrogens is 1. The van der Waals surface area contributed by atoms with Crippen LogP contribution >= 0.6 is 11.6 Å². The molecule has 2 heterocycles. The van der Waals surface area contributed by atoms with E-state index in [9.17, 15) is 4.79 Å². The van der Waals surface area contributed by atoms with Crippen LogP contribution in [-0.2, 0) is 6.42 Å². The first kappa shape index (κ1) is 21.6. The Labute approximate surface area is 187 Å². The van der Waals surface area contributed by atoms with Crippen LogP contribution in [0.2, 0.25) is 5.02 Å². The second-order valence-corrected chi connectivity index (χ2v) is 8.40. The number of rotatable bonds is 6. The van der Waals surface area contributed by atoms with E-state index in [0.29, 0.717) is 27.6 Å². The van der Waals surface area contributed by atoms with Gasteiger partial charge in [-0.1, -0.05) is 47.1 Å². The highest BCUT2D eigenvalue weighted by atomic mass is 35.5. The summed E-state index contributed by atoms with van der Waals surface area (Å²) in [6.07, 6.45) is 0.999. The SMILES string of the molecule is Cc1onc(-c2ccccc2Cl)c1C(=O)Nc1ccc(CCN2CCN(C)CC2)cc1. The van der Waals surface area contributed by atoms with Crippen molar-refractivity contribution in [3.8, 4) is 11.3 Å². The molecule has 0 saturated carbocycles. The highest BCUT2D eigenvalue weighted by Gasteiger charge is 2.23. The highest BCUT2D eigenvalue weighted by molar-refractivity contribution is 6.33. The van der Waals surface area contributed by atoms with Gasteiger partial charge in [0.05, 0.1) is 5.02 Å². The smallest absolute Gasteiger partial charge is 0.261 e. The summed E-state index contributed by atoms with van der Waals surface area (Å²) in [5.41, 5.74) is 3.51. The maximum Gasteiger partial charge on any atom is 0.261 e. The molecule has 1 amide bonds. The molecule has 0 radical (unpaired) electrons. The maximum absolute atomic E-state index is 13.0. The van der Waals surface area contributed by atoms with Crippen molar-refractivity contribution in [3.63, 3.8) is 0 Å². The van der Waals surface area contributed by atoms with Crippen molar-refractivity contribution in [1.82, 2.24) is 15.0 Å². The predicted molar refractivity (Wildman–Crippen MR) is 124 cm³/mol. The number of carbonyl (C=O) groups excluding carboxylic acids is 1. The standard InChI is InChI=1S/C24H27ClN4O2/c1-17-22(23(27-31-17)20-5-3-4-6-21(20)25)24(30)26-19-9-7-18(8-10-19)11-12-29-15-13-28(2)14-16-29/h3-10H,11-16H2,1-2H3,(H,26,30). The molecule has 0 aliphatic carbocycles. The van der Waals surface area contributed by atoms with E-state index < -0.39 is 0 Å². The largest absolute Gasteiger partial charge is 0.360 e. The lowest BCUT2D eigenvalue weighted by Crippen LogP contribution is -2.45. The molecule has 0 unspecified atom stereocenters. The Hall–Kier alpha value is -2.67. The Kier molecular flexibility index (Phi) is 6.70. The summed E-state index contributed by atoms with van der Waals surface area (Å²) in [6, 6.07) is 15.3. The van der Waals surface area contributed by atoms with Crippen LogP contribution in [0.1, 0.15) is 21.7 Å². The third-order valence-corrected chi connectivity index (χ3v) is 6.07. The summed E-state index contributed by atoms with van der Waals surface area (Å²) >= 11 is 6.30. The van der Waals surface area contributed by atoms with Gasteiger partial charge in [0.1, 0.15) is 17.0 Å². The average molecular weight is 439 g/mol. The van der Waals surface area contributed by atoms with Gasteiger partial charge in [-0.2, -0.15) is 0 Å². The number of nitrogens with one attached hydrogen (secondary N) is 1. The van der Waals surface area contributed by atoms with Gasteiger partial charge in [-0.05, 0) is 44.2 Å². The van der Waals surface area contributed by atoms with E-state index in [1.165, 1.54) is 5.56 Å². The number of aryl methyl sites for hydroxylation is 1. The predicted octanol–water partition coefficient (Wildman–Crippen LogP) is 4.35. The van der Waals surface area contributed by atoms with Crippen molar-refractivity contribution in [2.45, 2.75) is 13.3 Å². The number of likely N-dealkylation sites (N-methyl/N-ethyl adjacent to an activating group) is 1. The van der Waals surface area contributed by atoms with E-state index >= 15 is 0 Å². The zero-order valence-electron chi connectivity index (χ0n) is 17.9. The van der Waals surface area contributed by atoms with Crippen LogP contribution in [0.4, 0.5) is 5.69 Å². The van der Waals surface area contributed by atoms with Crippen molar-refractivity contribution >= 4 is 23.2 Å². The zero-order chi connectivity index (χ0) is 21.8. The topological polar surface area (TPSA) is 61.6 Å². The molecule has 162 valence electrons. The van der Waals surface area contributed by atoms with Gasteiger partial charge < -0.3 is 19.6 Å². The van der Waals surface area contributed by atoms with E-state index in [1.807, 2.05) is 30.3 Å². The molecule has 7 heteroatoms. The number of halogens is 1. The molecule has 1 aromatic heterocycles. The molecule has 31 heavy (non-hydrogen) atoms. The monoisotopic (exact) mass is 438 g/mol. The minimum atomic E-state index is -0.265. The number of carbonyl (C=O) groups is 1. The van der Waals surface area contributed by atoms with E-state index in [1.54, 1.807) is 13.0 Å². The Morgan fingerprint density at radius 3 is 2.52 bits per heavy atom. The molecule has 0 spiro atoms. The zero-order valence-corrected chi connectivity index (χ0v) is 18.7. The van der Waals surface area contributed by atoms with E-state index in [0.717, 1.165) is 44.8 Å².